The Morgan fingerprint density at radius 1 is 0.964 bits per heavy atom. The number of benzene rings is 2. The second-order valence-corrected chi connectivity index (χ2v) is 6.10. The molecule has 7 nitrogen and oxygen atoms in total. The molecule has 1 N–H and O–H groups in total. The number of methoxy groups -OCH3 is 3. The lowest BCUT2D eigenvalue weighted by atomic mass is 10.1. The molecule has 0 unspecified atom stereocenters. The number of aryl methyl sites for hydroxylation is 1. The quantitative estimate of drug-likeness (QED) is 0.755. The fourth-order valence-corrected chi connectivity index (χ4v) is 2.90. The second kappa shape index (κ2) is 9.64. The maximum absolute atomic E-state index is 12.9. The molecule has 0 atom stereocenters. The molecule has 0 saturated carbocycles. The topological polar surface area (TPSA) is 77.1 Å². The number of hydrogen-bond donors (Lipinski definition) is 1. The summed E-state index contributed by atoms with van der Waals surface area (Å²) in [4.78, 5) is 26.6. The maximum atomic E-state index is 12.9. The van der Waals surface area contributed by atoms with E-state index in [0.29, 0.717) is 11.5 Å². The SMILES string of the molecule is CCc1ccccc1NC(=O)CN(C)C(=O)c1ccc(OC)c(OC)c1OC. The van der Waals surface area contributed by atoms with Gasteiger partial charge in [0.05, 0.1) is 33.4 Å². The van der Waals surface area contributed by atoms with Crippen LogP contribution in [-0.4, -0.2) is 51.6 Å². The average Bonchev–Trinajstić information content (AvgIpc) is 2.71. The Morgan fingerprint density at radius 2 is 1.64 bits per heavy atom. The van der Waals surface area contributed by atoms with Gasteiger partial charge in [0.2, 0.25) is 11.7 Å². The van der Waals surface area contributed by atoms with E-state index in [0.717, 1.165) is 17.7 Å². The molecule has 0 spiro atoms. The molecule has 0 aliphatic carbocycles. The lowest BCUT2D eigenvalue weighted by Gasteiger charge is -2.20. The number of carbonyl (C=O) groups excluding carboxylic acids is 2. The van der Waals surface area contributed by atoms with E-state index in [2.05, 4.69) is 5.32 Å². The van der Waals surface area contributed by atoms with Crippen LogP contribution in [0.25, 0.3) is 0 Å². The number of anilines is 1. The number of para-hydroxylation sites is 1. The molecule has 7 heteroatoms. The second-order valence-electron chi connectivity index (χ2n) is 6.10. The molecular formula is C21H26N2O5. The van der Waals surface area contributed by atoms with Crippen LogP contribution in [-0.2, 0) is 11.2 Å². The number of hydrogen-bond acceptors (Lipinski definition) is 5. The van der Waals surface area contributed by atoms with Crippen molar-refractivity contribution in [2.24, 2.45) is 0 Å². The molecule has 0 bridgehead atoms. The van der Waals surface area contributed by atoms with E-state index < -0.39 is 0 Å². The normalized spacial score (nSPS) is 10.2. The summed E-state index contributed by atoms with van der Waals surface area (Å²) in [5, 5.41) is 2.86. The van der Waals surface area contributed by atoms with Crippen LogP contribution in [0.5, 0.6) is 17.2 Å². The highest BCUT2D eigenvalue weighted by atomic mass is 16.5. The van der Waals surface area contributed by atoms with Crippen molar-refractivity contribution in [3.8, 4) is 17.2 Å². The first-order valence-electron chi connectivity index (χ1n) is 8.88. The average molecular weight is 386 g/mol. The summed E-state index contributed by atoms with van der Waals surface area (Å²) in [7, 11) is 5.98. The first-order valence-corrected chi connectivity index (χ1v) is 8.88. The molecule has 2 aromatic carbocycles. The van der Waals surface area contributed by atoms with Crippen molar-refractivity contribution in [1.82, 2.24) is 4.90 Å². The van der Waals surface area contributed by atoms with Crippen LogP contribution in [0.3, 0.4) is 0 Å². The molecule has 0 aliphatic heterocycles. The van der Waals surface area contributed by atoms with E-state index in [1.165, 1.54) is 26.2 Å². The molecule has 2 aromatic rings. The van der Waals surface area contributed by atoms with E-state index in [-0.39, 0.29) is 29.7 Å². The maximum Gasteiger partial charge on any atom is 0.257 e. The molecule has 0 aromatic heterocycles. The van der Waals surface area contributed by atoms with Crippen LogP contribution in [0, 0.1) is 0 Å². The smallest absolute Gasteiger partial charge is 0.257 e. The van der Waals surface area contributed by atoms with Gasteiger partial charge in [-0.15, -0.1) is 0 Å². The highest BCUT2D eigenvalue weighted by Crippen LogP contribution is 2.40. The first kappa shape index (κ1) is 21.1. The van der Waals surface area contributed by atoms with Crippen molar-refractivity contribution in [3.05, 3.63) is 47.5 Å². The zero-order valence-corrected chi connectivity index (χ0v) is 16.9. The lowest BCUT2D eigenvalue weighted by molar-refractivity contribution is -0.116. The Bertz CT molecular complexity index is 851. The molecular weight excluding hydrogens is 360 g/mol. The molecule has 0 aliphatic rings. The zero-order valence-electron chi connectivity index (χ0n) is 16.9. The van der Waals surface area contributed by atoms with Crippen molar-refractivity contribution >= 4 is 17.5 Å². The molecule has 0 saturated heterocycles. The van der Waals surface area contributed by atoms with Crippen molar-refractivity contribution < 1.29 is 23.8 Å². The van der Waals surface area contributed by atoms with Crippen LogP contribution >= 0.6 is 0 Å². The Hall–Kier alpha value is -3.22. The Morgan fingerprint density at radius 3 is 2.25 bits per heavy atom. The third kappa shape index (κ3) is 4.54. The van der Waals surface area contributed by atoms with Gasteiger partial charge in [0, 0.05) is 12.7 Å². The highest BCUT2D eigenvalue weighted by Gasteiger charge is 2.24. The van der Waals surface area contributed by atoms with Crippen molar-refractivity contribution in [1.29, 1.82) is 0 Å². The molecule has 2 rings (SSSR count). The van der Waals surface area contributed by atoms with E-state index in [9.17, 15) is 9.59 Å². The summed E-state index contributed by atoms with van der Waals surface area (Å²) < 4.78 is 15.9. The summed E-state index contributed by atoms with van der Waals surface area (Å²) in [6.07, 6.45) is 0.800. The summed E-state index contributed by atoms with van der Waals surface area (Å²) >= 11 is 0. The standard InChI is InChI=1S/C21H26N2O5/c1-6-14-9-7-8-10-16(14)22-18(24)13-23(2)21(25)15-11-12-17(26-3)20(28-5)19(15)27-4/h7-12H,6,13H2,1-5H3,(H,22,24). The van der Waals surface area contributed by atoms with Gasteiger partial charge in [0.1, 0.15) is 0 Å². The minimum atomic E-state index is -0.364. The van der Waals surface area contributed by atoms with Gasteiger partial charge in [-0.05, 0) is 30.2 Å². The van der Waals surface area contributed by atoms with Crippen LogP contribution in [0.2, 0.25) is 0 Å². The largest absolute Gasteiger partial charge is 0.493 e. The Balaban J connectivity index is 2.17. The van der Waals surface area contributed by atoms with E-state index in [1.807, 2.05) is 31.2 Å². The third-order valence-corrected chi connectivity index (χ3v) is 4.33. The van der Waals surface area contributed by atoms with Crippen LogP contribution in [0.4, 0.5) is 5.69 Å². The summed E-state index contributed by atoms with van der Waals surface area (Å²) in [5.74, 6) is 0.390. The van der Waals surface area contributed by atoms with E-state index in [1.54, 1.807) is 19.2 Å². The fraction of sp³-hybridized carbons (Fsp3) is 0.333. The number of nitrogens with zero attached hydrogens (tertiary/aromatic N) is 1. The number of likely N-dealkylation sites (N-methyl/N-ethyl adjacent to an activating group) is 1. The van der Waals surface area contributed by atoms with Crippen molar-refractivity contribution in [2.45, 2.75) is 13.3 Å². The van der Waals surface area contributed by atoms with Gasteiger partial charge < -0.3 is 24.4 Å². The number of carbonyl (C=O) groups is 2. The molecule has 150 valence electrons. The molecule has 0 radical (unpaired) electrons. The first-order chi connectivity index (χ1) is 13.5. The van der Waals surface area contributed by atoms with Gasteiger partial charge in [-0.25, -0.2) is 0 Å². The predicted octanol–water partition coefficient (Wildman–Crippen LogP) is 2.99. The van der Waals surface area contributed by atoms with Crippen LogP contribution < -0.4 is 19.5 Å². The predicted molar refractivity (Wildman–Crippen MR) is 108 cm³/mol. The summed E-state index contributed by atoms with van der Waals surface area (Å²) in [5.41, 5.74) is 2.07. The molecule has 2 amide bonds. The molecule has 0 heterocycles. The number of amides is 2. The van der Waals surface area contributed by atoms with Gasteiger partial charge in [0.25, 0.3) is 5.91 Å². The van der Waals surface area contributed by atoms with Crippen molar-refractivity contribution in [3.63, 3.8) is 0 Å². The van der Waals surface area contributed by atoms with Gasteiger partial charge >= 0.3 is 0 Å². The Labute approximate surface area is 165 Å². The molecule has 28 heavy (non-hydrogen) atoms. The van der Waals surface area contributed by atoms with Crippen LogP contribution in [0.1, 0.15) is 22.8 Å². The lowest BCUT2D eigenvalue weighted by Crippen LogP contribution is -2.35. The van der Waals surface area contributed by atoms with Gasteiger partial charge in [-0.1, -0.05) is 25.1 Å². The van der Waals surface area contributed by atoms with Gasteiger partial charge in [-0.2, -0.15) is 0 Å². The van der Waals surface area contributed by atoms with E-state index >= 15 is 0 Å². The number of ether oxygens (including phenoxy) is 3. The minimum absolute atomic E-state index is 0.103. The summed E-state index contributed by atoms with van der Waals surface area (Å²) in [6.45, 7) is 1.92. The minimum Gasteiger partial charge on any atom is -0.493 e. The van der Waals surface area contributed by atoms with Crippen molar-refractivity contribution in [2.75, 3.05) is 40.2 Å². The van der Waals surface area contributed by atoms with Gasteiger partial charge in [-0.3, -0.25) is 9.59 Å². The highest BCUT2D eigenvalue weighted by molar-refractivity contribution is 6.01. The Kier molecular flexibility index (Phi) is 7.26. The van der Waals surface area contributed by atoms with Crippen LogP contribution in [0.15, 0.2) is 36.4 Å². The number of rotatable bonds is 8. The zero-order chi connectivity index (χ0) is 20.7. The fourth-order valence-electron chi connectivity index (χ4n) is 2.90. The molecule has 0 fully saturated rings. The summed E-state index contributed by atoms with van der Waals surface area (Å²) in [6, 6.07) is 10.8. The van der Waals surface area contributed by atoms with E-state index in [4.69, 9.17) is 14.2 Å². The van der Waals surface area contributed by atoms with Gasteiger partial charge in [0.15, 0.2) is 11.5 Å². The monoisotopic (exact) mass is 386 g/mol. The third-order valence-electron chi connectivity index (χ3n) is 4.33. The number of nitrogens with one attached hydrogen (secondary N) is 1.